The highest BCUT2D eigenvalue weighted by molar-refractivity contribution is 7.89. The van der Waals surface area contributed by atoms with E-state index < -0.39 is 14.9 Å². The fraction of sp³-hybridized carbons (Fsp3) is 0.400. The molecule has 10 heteroatoms. The third kappa shape index (κ3) is 4.11. The number of benzene rings is 2. The molecule has 0 radical (unpaired) electrons. The van der Waals surface area contributed by atoms with Crippen molar-refractivity contribution in [3.8, 4) is 0 Å². The van der Waals surface area contributed by atoms with E-state index >= 15 is 0 Å². The molecule has 2 saturated heterocycles. The molecular weight excluding hydrogens is 408 g/mol. The fourth-order valence-electron chi connectivity index (χ4n) is 3.86. The van der Waals surface area contributed by atoms with Gasteiger partial charge in [0.1, 0.15) is 0 Å². The number of rotatable bonds is 5. The Morgan fingerprint density at radius 2 is 1.33 bits per heavy atom. The van der Waals surface area contributed by atoms with Gasteiger partial charge in [0.25, 0.3) is 5.69 Å². The van der Waals surface area contributed by atoms with Gasteiger partial charge in [0.2, 0.25) is 10.0 Å². The van der Waals surface area contributed by atoms with Crippen LogP contribution in [0, 0.1) is 10.1 Å². The van der Waals surface area contributed by atoms with E-state index in [1.807, 2.05) is 12.1 Å². The summed E-state index contributed by atoms with van der Waals surface area (Å²) in [5.74, 6) is 0. The number of piperazine rings is 1. The summed E-state index contributed by atoms with van der Waals surface area (Å²) >= 11 is 0. The van der Waals surface area contributed by atoms with Gasteiger partial charge in [0.15, 0.2) is 0 Å². The summed E-state index contributed by atoms with van der Waals surface area (Å²) in [6, 6.07) is 13.2. The summed E-state index contributed by atoms with van der Waals surface area (Å²) in [6.45, 7) is 4.96. The SMILES string of the molecule is O=[N+]([O-])c1ccc(S(=O)(=O)N2CCN(c3ccccc3N3CCOCC3)CC2)cc1. The topological polar surface area (TPSA) is 96.2 Å². The van der Waals surface area contributed by atoms with E-state index in [1.165, 1.54) is 28.6 Å². The van der Waals surface area contributed by atoms with E-state index in [0.717, 1.165) is 24.5 Å². The molecule has 4 rings (SSSR count). The van der Waals surface area contributed by atoms with Gasteiger partial charge in [-0.15, -0.1) is 0 Å². The number of nitro groups is 1. The van der Waals surface area contributed by atoms with Crippen molar-refractivity contribution in [2.45, 2.75) is 4.90 Å². The molecule has 2 fully saturated rings. The Morgan fingerprint density at radius 3 is 1.87 bits per heavy atom. The van der Waals surface area contributed by atoms with Crippen LogP contribution in [0.15, 0.2) is 53.4 Å². The molecule has 2 heterocycles. The van der Waals surface area contributed by atoms with Crippen molar-refractivity contribution >= 4 is 27.1 Å². The van der Waals surface area contributed by atoms with Gasteiger partial charge in [-0.1, -0.05) is 12.1 Å². The molecule has 2 aliphatic rings. The lowest BCUT2D eigenvalue weighted by Gasteiger charge is -2.38. The van der Waals surface area contributed by atoms with Crippen LogP contribution in [0.1, 0.15) is 0 Å². The first kappa shape index (κ1) is 20.6. The maximum Gasteiger partial charge on any atom is 0.269 e. The number of hydrogen-bond donors (Lipinski definition) is 0. The van der Waals surface area contributed by atoms with E-state index in [2.05, 4.69) is 21.9 Å². The second kappa shape index (κ2) is 8.58. The van der Waals surface area contributed by atoms with Crippen molar-refractivity contribution < 1.29 is 18.1 Å². The number of nitro benzene ring substituents is 1. The standard InChI is InChI=1S/C20H24N4O5S/c25-24(26)17-5-7-18(8-6-17)30(27,28)23-11-9-21(10-12-23)19-3-1-2-4-20(19)22-13-15-29-16-14-22/h1-8H,9-16H2. The lowest BCUT2D eigenvalue weighted by Crippen LogP contribution is -2.49. The van der Waals surface area contributed by atoms with Gasteiger partial charge in [-0.3, -0.25) is 10.1 Å². The van der Waals surface area contributed by atoms with Crippen LogP contribution in [0.3, 0.4) is 0 Å². The normalized spacial score (nSPS) is 18.4. The number of nitrogens with zero attached hydrogens (tertiary/aromatic N) is 4. The van der Waals surface area contributed by atoms with Crippen LogP contribution >= 0.6 is 0 Å². The maximum atomic E-state index is 12.9. The van der Waals surface area contributed by atoms with Gasteiger partial charge in [0, 0.05) is 51.4 Å². The van der Waals surface area contributed by atoms with Crippen molar-refractivity contribution in [1.82, 2.24) is 4.31 Å². The first-order valence-corrected chi connectivity index (χ1v) is 11.3. The van der Waals surface area contributed by atoms with Gasteiger partial charge in [-0.2, -0.15) is 4.31 Å². The minimum Gasteiger partial charge on any atom is -0.378 e. The quantitative estimate of drug-likeness (QED) is 0.526. The number of anilines is 2. The van der Waals surface area contributed by atoms with Crippen molar-refractivity contribution in [2.75, 3.05) is 62.3 Å². The summed E-state index contributed by atoms with van der Waals surface area (Å²) in [7, 11) is -3.68. The Kier molecular flexibility index (Phi) is 5.89. The Balaban J connectivity index is 1.47. The maximum absolute atomic E-state index is 12.9. The third-order valence-corrected chi connectivity index (χ3v) is 7.41. The number of para-hydroxylation sites is 2. The molecule has 0 aliphatic carbocycles. The molecule has 0 saturated carbocycles. The lowest BCUT2D eigenvalue weighted by molar-refractivity contribution is -0.384. The predicted molar refractivity (Wildman–Crippen MR) is 114 cm³/mol. The van der Waals surface area contributed by atoms with Crippen LogP contribution in [0.5, 0.6) is 0 Å². The van der Waals surface area contributed by atoms with Crippen molar-refractivity contribution in [3.63, 3.8) is 0 Å². The Bertz CT molecular complexity index is 998. The monoisotopic (exact) mass is 432 g/mol. The van der Waals surface area contributed by atoms with Crippen molar-refractivity contribution in [2.24, 2.45) is 0 Å². The molecule has 0 N–H and O–H groups in total. The van der Waals surface area contributed by atoms with Gasteiger partial charge >= 0.3 is 0 Å². The molecule has 0 aromatic heterocycles. The molecule has 2 aromatic rings. The molecule has 0 spiro atoms. The Labute approximate surface area is 175 Å². The average molecular weight is 433 g/mol. The van der Waals surface area contributed by atoms with Crippen LogP contribution in [0.2, 0.25) is 0 Å². The third-order valence-electron chi connectivity index (χ3n) is 5.50. The van der Waals surface area contributed by atoms with Crippen LogP contribution in [0.4, 0.5) is 17.1 Å². The number of morpholine rings is 1. The zero-order valence-corrected chi connectivity index (χ0v) is 17.3. The Morgan fingerprint density at radius 1 is 0.800 bits per heavy atom. The van der Waals surface area contributed by atoms with Crippen molar-refractivity contribution in [3.05, 3.63) is 58.6 Å². The summed E-state index contributed by atoms with van der Waals surface area (Å²) in [4.78, 5) is 14.9. The van der Waals surface area contributed by atoms with Gasteiger partial charge in [0.05, 0.1) is 34.4 Å². The van der Waals surface area contributed by atoms with Gasteiger partial charge in [-0.25, -0.2) is 8.42 Å². The Hall–Kier alpha value is -2.69. The predicted octanol–water partition coefficient (Wildman–Crippen LogP) is 1.94. The van der Waals surface area contributed by atoms with Gasteiger partial charge < -0.3 is 14.5 Å². The number of non-ortho nitro benzene ring substituents is 1. The van der Waals surface area contributed by atoms with Crippen LogP contribution < -0.4 is 9.80 Å². The minimum absolute atomic E-state index is 0.0790. The van der Waals surface area contributed by atoms with E-state index in [4.69, 9.17) is 4.74 Å². The largest absolute Gasteiger partial charge is 0.378 e. The second-order valence-electron chi connectivity index (χ2n) is 7.23. The molecule has 0 atom stereocenters. The highest BCUT2D eigenvalue weighted by Gasteiger charge is 2.30. The van der Waals surface area contributed by atoms with E-state index in [9.17, 15) is 18.5 Å². The lowest BCUT2D eigenvalue weighted by atomic mass is 10.2. The zero-order chi connectivity index (χ0) is 21.1. The highest BCUT2D eigenvalue weighted by Crippen LogP contribution is 2.31. The number of ether oxygens (including phenoxy) is 1. The van der Waals surface area contributed by atoms with E-state index in [-0.39, 0.29) is 10.6 Å². The number of hydrogen-bond acceptors (Lipinski definition) is 7. The summed E-state index contributed by atoms with van der Waals surface area (Å²) in [6.07, 6.45) is 0. The summed E-state index contributed by atoms with van der Waals surface area (Å²) in [5.41, 5.74) is 2.12. The average Bonchev–Trinajstić information content (AvgIpc) is 2.80. The smallest absolute Gasteiger partial charge is 0.269 e. The first-order valence-electron chi connectivity index (χ1n) is 9.88. The summed E-state index contributed by atoms with van der Waals surface area (Å²) < 4.78 is 32.8. The van der Waals surface area contributed by atoms with E-state index in [1.54, 1.807) is 0 Å². The fourth-order valence-corrected chi connectivity index (χ4v) is 5.28. The van der Waals surface area contributed by atoms with Crippen LogP contribution in [0.25, 0.3) is 0 Å². The molecule has 160 valence electrons. The molecule has 30 heavy (non-hydrogen) atoms. The minimum atomic E-state index is -3.68. The first-order chi connectivity index (χ1) is 14.5. The van der Waals surface area contributed by atoms with E-state index in [0.29, 0.717) is 39.4 Å². The zero-order valence-electron chi connectivity index (χ0n) is 16.5. The molecule has 2 aliphatic heterocycles. The van der Waals surface area contributed by atoms with Gasteiger partial charge in [-0.05, 0) is 24.3 Å². The van der Waals surface area contributed by atoms with Crippen molar-refractivity contribution in [1.29, 1.82) is 0 Å². The molecule has 9 nitrogen and oxygen atoms in total. The molecule has 2 aromatic carbocycles. The molecule has 0 bridgehead atoms. The number of sulfonamides is 1. The van der Waals surface area contributed by atoms with Crippen LogP contribution in [-0.4, -0.2) is 70.1 Å². The summed E-state index contributed by atoms with van der Waals surface area (Å²) in [5, 5.41) is 10.8. The van der Waals surface area contributed by atoms with Crippen LogP contribution in [-0.2, 0) is 14.8 Å². The molecular formula is C20H24N4O5S. The molecule has 0 amide bonds. The highest BCUT2D eigenvalue weighted by atomic mass is 32.2. The molecule has 0 unspecified atom stereocenters. The second-order valence-corrected chi connectivity index (χ2v) is 9.17.